The third-order valence-corrected chi connectivity index (χ3v) is 5.69. The van der Waals surface area contributed by atoms with E-state index in [1.54, 1.807) is 12.3 Å². The first kappa shape index (κ1) is 17.1. The molecule has 2 aliphatic carbocycles. The van der Waals surface area contributed by atoms with E-state index in [0.29, 0.717) is 17.5 Å². The summed E-state index contributed by atoms with van der Waals surface area (Å²) in [4.78, 5) is 27.5. The maximum Gasteiger partial charge on any atom is 0.255 e. The van der Waals surface area contributed by atoms with Crippen molar-refractivity contribution in [2.45, 2.75) is 70.4 Å². The summed E-state index contributed by atoms with van der Waals surface area (Å²) in [5.74, 6) is 0.410. The topological polar surface area (TPSA) is 79.8 Å². The van der Waals surface area contributed by atoms with E-state index in [4.69, 9.17) is 0 Å². The highest BCUT2D eigenvalue weighted by molar-refractivity contribution is 5.95. The number of amides is 1. The summed E-state index contributed by atoms with van der Waals surface area (Å²) in [6, 6.07) is 3.64. The minimum absolute atomic E-state index is 0.0505. The second kappa shape index (κ2) is 6.74. The molecule has 26 heavy (non-hydrogen) atoms. The van der Waals surface area contributed by atoms with Crippen LogP contribution in [0.1, 0.15) is 91.3 Å². The number of pyridine rings is 1. The van der Waals surface area contributed by atoms with Gasteiger partial charge in [-0.25, -0.2) is 0 Å². The van der Waals surface area contributed by atoms with Gasteiger partial charge in [0.05, 0.1) is 23.5 Å². The van der Waals surface area contributed by atoms with Gasteiger partial charge in [-0.05, 0) is 57.1 Å². The van der Waals surface area contributed by atoms with Crippen LogP contribution in [0.25, 0.3) is 0 Å². The lowest BCUT2D eigenvalue weighted by Gasteiger charge is -2.26. The first-order valence-electron chi connectivity index (χ1n) is 9.68. The van der Waals surface area contributed by atoms with Crippen LogP contribution in [0.15, 0.2) is 23.1 Å². The number of H-pyrrole nitrogens is 1. The lowest BCUT2D eigenvalue weighted by atomic mass is 9.91. The van der Waals surface area contributed by atoms with Crippen LogP contribution in [0.3, 0.4) is 0 Å². The molecule has 1 amide bonds. The summed E-state index contributed by atoms with van der Waals surface area (Å²) in [6.07, 6.45) is 7.70. The number of carbonyl (C=O) groups is 1. The van der Waals surface area contributed by atoms with Gasteiger partial charge in [0.25, 0.3) is 5.91 Å². The van der Waals surface area contributed by atoms with Gasteiger partial charge in [0.1, 0.15) is 0 Å². The van der Waals surface area contributed by atoms with Gasteiger partial charge in [0.2, 0.25) is 5.56 Å². The molecule has 2 aromatic rings. The van der Waals surface area contributed by atoms with Crippen molar-refractivity contribution in [1.29, 1.82) is 0 Å². The Morgan fingerprint density at radius 3 is 2.92 bits per heavy atom. The predicted octanol–water partition coefficient (Wildman–Crippen LogP) is 3.23. The molecule has 0 bridgehead atoms. The number of fused-ring (bicyclic) bond motifs is 1. The molecule has 0 aromatic carbocycles. The van der Waals surface area contributed by atoms with Crippen molar-refractivity contribution >= 4 is 5.91 Å². The summed E-state index contributed by atoms with van der Waals surface area (Å²) in [7, 11) is 0. The number of aryl methyl sites for hydroxylation is 1. The smallest absolute Gasteiger partial charge is 0.255 e. The van der Waals surface area contributed by atoms with Crippen molar-refractivity contribution in [3.8, 4) is 0 Å². The van der Waals surface area contributed by atoms with Crippen LogP contribution in [0.2, 0.25) is 0 Å². The van der Waals surface area contributed by atoms with E-state index in [1.165, 1.54) is 0 Å². The highest BCUT2D eigenvalue weighted by Gasteiger charge is 2.34. The first-order chi connectivity index (χ1) is 12.6. The molecule has 0 spiro atoms. The van der Waals surface area contributed by atoms with E-state index >= 15 is 0 Å². The van der Waals surface area contributed by atoms with Crippen molar-refractivity contribution in [3.63, 3.8) is 0 Å². The van der Waals surface area contributed by atoms with E-state index < -0.39 is 0 Å². The molecule has 0 saturated heterocycles. The average molecular weight is 354 g/mol. The Labute approximate surface area is 153 Å². The van der Waals surface area contributed by atoms with Crippen LogP contribution in [0, 0.1) is 0 Å². The Bertz CT molecular complexity index is 878. The van der Waals surface area contributed by atoms with Gasteiger partial charge in [-0.3, -0.25) is 14.3 Å². The molecule has 6 nitrogen and oxygen atoms in total. The van der Waals surface area contributed by atoms with E-state index in [9.17, 15) is 9.59 Å². The highest BCUT2D eigenvalue weighted by Crippen LogP contribution is 2.43. The van der Waals surface area contributed by atoms with Crippen molar-refractivity contribution in [2.75, 3.05) is 0 Å². The minimum atomic E-state index is -0.0819. The van der Waals surface area contributed by atoms with E-state index in [2.05, 4.69) is 29.2 Å². The second-order valence-corrected chi connectivity index (χ2v) is 7.59. The maximum absolute atomic E-state index is 13.0. The standard InChI is InChI=1S/C20H26N4O2/c1-3-12(2)24-19(13-7-8-13)15(11-21-24)20(26)23-17-6-4-5-16-14(17)9-10-18(25)22-16/h9-13,17H,3-8H2,1-2H3,(H,22,25)(H,23,26). The molecule has 138 valence electrons. The molecule has 1 fully saturated rings. The molecule has 1 saturated carbocycles. The maximum atomic E-state index is 13.0. The van der Waals surface area contributed by atoms with Crippen LogP contribution in [0.4, 0.5) is 0 Å². The third-order valence-electron chi connectivity index (χ3n) is 5.69. The van der Waals surface area contributed by atoms with Crippen LogP contribution in [-0.2, 0) is 6.42 Å². The molecule has 2 atom stereocenters. The summed E-state index contributed by atoms with van der Waals surface area (Å²) < 4.78 is 2.04. The summed E-state index contributed by atoms with van der Waals surface area (Å²) in [5.41, 5.74) is 3.71. The molecule has 0 radical (unpaired) electrons. The summed E-state index contributed by atoms with van der Waals surface area (Å²) in [5, 5.41) is 7.72. The number of nitrogens with one attached hydrogen (secondary N) is 2. The molecule has 0 aliphatic heterocycles. The van der Waals surface area contributed by atoms with E-state index in [0.717, 1.165) is 55.5 Å². The van der Waals surface area contributed by atoms with Gasteiger partial charge in [0, 0.05) is 23.7 Å². The van der Waals surface area contributed by atoms with Crippen LogP contribution in [0.5, 0.6) is 0 Å². The second-order valence-electron chi connectivity index (χ2n) is 7.59. The zero-order valence-corrected chi connectivity index (χ0v) is 15.4. The van der Waals surface area contributed by atoms with Gasteiger partial charge >= 0.3 is 0 Å². The largest absolute Gasteiger partial charge is 0.345 e. The molecule has 2 N–H and O–H groups in total. The molecule has 2 unspecified atom stereocenters. The SMILES string of the molecule is CCC(C)n1ncc(C(=O)NC2CCCc3[nH]c(=O)ccc32)c1C1CC1. The summed E-state index contributed by atoms with van der Waals surface area (Å²) in [6.45, 7) is 4.29. The Morgan fingerprint density at radius 2 is 2.19 bits per heavy atom. The zero-order valence-electron chi connectivity index (χ0n) is 15.4. The fourth-order valence-electron chi connectivity index (χ4n) is 3.92. The average Bonchev–Trinajstić information content (AvgIpc) is 3.38. The van der Waals surface area contributed by atoms with Crippen molar-refractivity contribution < 1.29 is 4.79 Å². The van der Waals surface area contributed by atoms with Crippen molar-refractivity contribution in [3.05, 3.63) is 51.2 Å². The lowest BCUT2D eigenvalue weighted by Crippen LogP contribution is -2.32. The molecule has 2 heterocycles. The number of nitrogens with zero attached hydrogens (tertiary/aromatic N) is 2. The number of aromatic amines is 1. The summed E-state index contributed by atoms with van der Waals surface area (Å²) >= 11 is 0. The molecule has 4 rings (SSSR count). The Balaban J connectivity index is 1.60. The van der Waals surface area contributed by atoms with E-state index in [1.807, 2.05) is 10.7 Å². The monoisotopic (exact) mass is 354 g/mol. The normalized spacial score (nSPS) is 20.5. The minimum Gasteiger partial charge on any atom is -0.345 e. The number of carbonyl (C=O) groups excluding carboxylic acids is 1. The van der Waals surface area contributed by atoms with Crippen LogP contribution >= 0.6 is 0 Å². The number of hydrogen-bond acceptors (Lipinski definition) is 3. The lowest BCUT2D eigenvalue weighted by molar-refractivity contribution is 0.0931. The highest BCUT2D eigenvalue weighted by atomic mass is 16.1. The quantitative estimate of drug-likeness (QED) is 0.865. The fourth-order valence-corrected chi connectivity index (χ4v) is 3.92. The van der Waals surface area contributed by atoms with Gasteiger partial charge in [-0.1, -0.05) is 6.92 Å². The van der Waals surface area contributed by atoms with Gasteiger partial charge < -0.3 is 10.3 Å². The van der Waals surface area contributed by atoms with E-state index in [-0.39, 0.29) is 17.5 Å². The molecule has 2 aliphatic rings. The van der Waals surface area contributed by atoms with Crippen LogP contribution in [-0.4, -0.2) is 20.7 Å². The number of hydrogen-bond donors (Lipinski definition) is 2. The number of aromatic nitrogens is 3. The van der Waals surface area contributed by atoms with Crippen molar-refractivity contribution in [2.24, 2.45) is 0 Å². The molecule has 2 aromatic heterocycles. The Hall–Kier alpha value is -2.37. The molecular weight excluding hydrogens is 328 g/mol. The molecular formula is C20H26N4O2. The Kier molecular flexibility index (Phi) is 4.42. The molecule has 6 heteroatoms. The van der Waals surface area contributed by atoms with Gasteiger partial charge in [-0.2, -0.15) is 5.10 Å². The fraction of sp³-hybridized carbons (Fsp3) is 0.550. The first-order valence-corrected chi connectivity index (χ1v) is 9.68. The van der Waals surface area contributed by atoms with Gasteiger partial charge in [0.15, 0.2) is 0 Å². The Morgan fingerprint density at radius 1 is 1.38 bits per heavy atom. The zero-order chi connectivity index (χ0) is 18.3. The van der Waals surface area contributed by atoms with Crippen LogP contribution < -0.4 is 10.9 Å². The van der Waals surface area contributed by atoms with Crippen molar-refractivity contribution in [1.82, 2.24) is 20.1 Å². The third kappa shape index (κ3) is 3.08. The predicted molar refractivity (Wildman–Crippen MR) is 99.4 cm³/mol. The number of rotatable bonds is 5. The van der Waals surface area contributed by atoms with Gasteiger partial charge in [-0.15, -0.1) is 0 Å².